The summed E-state index contributed by atoms with van der Waals surface area (Å²) in [6.45, 7) is 2.11. The van der Waals surface area contributed by atoms with E-state index in [-0.39, 0.29) is 5.75 Å². The standard InChI is InChI=1S/C12H13BrN2O/c1-2-12-9(7-13)8-14-15(12)10-3-5-11(16)6-4-10/h3-6,8,16H,2,7H2,1H3. The van der Waals surface area contributed by atoms with Gasteiger partial charge >= 0.3 is 0 Å². The first kappa shape index (κ1) is 11.2. The number of hydrogen-bond acceptors (Lipinski definition) is 2. The zero-order valence-corrected chi connectivity index (χ0v) is 10.6. The molecule has 1 heterocycles. The predicted molar refractivity (Wildman–Crippen MR) is 67.2 cm³/mol. The second-order valence-corrected chi connectivity index (χ2v) is 4.09. The van der Waals surface area contributed by atoms with Crippen LogP contribution in [-0.4, -0.2) is 14.9 Å². The van der Waals surface area contributed by atoms with Crippen molar-refractivity contribution in [3.8, 4) is 11.4 Å². The van der Waals surface area contributed by atoms with Crippen LogP contribution in [0.3, 0.4) is 0 Å². The fourth-order valence-corrected chi connectivity index (χ4v) is 2.18. The molecule has 0 spiro atoms. The van der Waals surface area contributed by atoms with Crippen LogP contribution < -0.4 is 0 Å². The van der Waals surface area contributed by atoms with Crippen LogP contribution in [0.4, 0.5) is 0 Å². The van der Waals surface area contributed by atoms with Gasteiger partial charge in [0.1, 0.15) is 5.75 Å². The number of rotatable bonds is 3. The Morgan fingerprint density at radius 3 is 2.56 bits per heavy atom. The molecule has 16 heavy (non-hydrogen) atoms. The second-order valence-electron chi connectivity index (χ2n) is 3.53. The van der Waals surface area contributed by atoms with E-state index in [1.165, 1.54) is 11.3 Å². The summed E-state index contributed by atoms with van der Waals surface area (Å²) in [7, 11) is 0. The molecular formula is C12H13BrN2O. The smallest absolute Gasteiger partial charge is 0.115 e. The minimum absolute atomic E-state index is 0.273. The SMILES string of the molecule is CCc1c(CBr)cnn1-c1ccc(O)cc1. The third-order valence-electron chi connectivity index (χ3n) is 2.53. The Kier molecular flexibility index (Phi) is 3.29. The van der Waals surface area contributed by atoms with E-state index < -0.39 is 0 Å². The maximum absolute atomic E-state index is 9.24. The van der Waals surface area contributed by atoms with E-state index in [2.05, 4.69) is 28.0 Å². The number of phenolic OH excluding ortho intramolecular Hbond substituents is 1. The van der Waals surface area contributed by atoms with Crippen molar-refractivity contribution >= 4 is 15.9 Å². The Balaban J connectivity index is 2.47. The van der Waals surface area contributed by atoms with E-state index in [4.69, 9.17) is 0 Å². The number of aromatic hydroxyl groups is 1. The van der Waals surface area contributed by atoms with Crippen LogP contribution in [-0.2, 0) is 11.8 Å². The quantitative estimate of drug-likeness (QED) is 0.878. The van der Waals surface area contributed by atoms with Crippen LogP contribution in [0, 0.1) is 0 Å². The third-order valence-corrected chi connectivity index (χ3v) is 3.13. The monoisotopic (exact) mass is 280 g/mol. The minimum atomic E-state index is 0.273. The molecule has 4 heteroatoms. The molecule has 3 nitrogen and oxygen atoms in total. The fourth-order valence-electron chi connectivity index (χ4n) is 1.71. The van der Waals surface area contributed by atoms with Gasteiger partial charge in [-0.15, -0.1) is 0 Å². The molecule has 0 fully saturated rings. The zero-order valence-electron chi connectivity index (χ0n) is 9.02. The van der Waals surface area contributed by atoms with Crippen LogP contribution in [0.15, 0.2) is 30.5 Å². The maximum atomic E-state index is 9.24. The van der Waals surface area contributed by atoms with Crippen LogP contribution in [0.5, 0.6) is 5.75 Å². The average Bonchev–Trinajstić information content (AvgIpc) is 2.72. The average molecular weight is 281 g/mol. The summed E-state index contributed by atoms with van der Waals surface area (Å²) in [6, 6.07) is 7.06. The number of nitrogens with zero attached hydrogens (tertiary/aromatic N) is 2. The lowest BCUT2D eigenvalue weighted by atomic mass is 10.2. The topological polar surface area (TPSA) is 38.0 Å². The molecule has 2 aromatic rings. The van der Waals surface area contributed by atoms with Crippen molar-refractivity contribution in [1.82, 2.24) is 9.78 Å². The summed E-state index contributed by atoms with van der Waals surface area (Å²) < 4.78 is 1.91. The molecule has 0 amide bonds. The van der Waals surface area contributed by atoms with E-state index >= 15 is 0 Å². The molecule has 0 aliphatic rings. The lowest BCUT2D eigenvalue weighted by molar-refractivity contribution is 0.475. The molecule has 0 saturated heterocycles. The van der Waals surface area contributed by atoms with Gasteiger partial charge in [0.15, 0.2) is 0 Å². The number of alkyl halides is 1. The molecule has 0 saturated carbocycles. The molecule has 0 atom stereocenters. The molecule has 1 aromatic carbocycles. The van der Waals surface area contributed by atoms with Gasteiger partial charge in [-0.05, 0) is 30.7 Å². The molecular weight excluding hydrogens is 268 g/mol. The summed E-state index contributed by atoms with van der Waals surface area (Å²) in [4.78, 5) is 0. The number of hydrogen-bond donors (Lipinski definition) is 1. The molecule has 2 rings (SSSR count). The molecule has 0 unspecified atom stereocenters. The second kappa shape index (κ2) is 4.70. The first-order valence-electron chi connectivity index (χ1n) is 5.17. The fraction of sp³-hybridized carbons (Fsp3) is 0.250. The van der Waals surface area contributed by atoms with Crippen LogP contribution in [0.2, 0.25) is 0 Å². The van der Waals surface area contributed by atoms with E-state index in [1.807, 2.05) is 23.0 Å². The minimum Gasteiger partial charge on any atom is -0.508 e. The van der Waals surface area contributed by atoms with Crippen LogP contribution >= 0.6 is 15.9 Å². The van der Waals surface area contributed by atoms with Gasteiger partial charge in [0.2, 0.25) is 0 Å². The Morgan fingerprint density at radius 1 is 1.31 bits per heavy atom. The van der Waals surface area contributed by atoms with Gasteiger partial charge in [0, 0.05) is 16.6 Å². The number of aromatic nitrogens is 2. The first-order chi connectivity index (χ1) is 7.76. The van der Waals surface area contributed by atoms with Gasteiger partial charge < -0.3 is 5.11 Å². The Morgan fingerprint density at radius 2 is 2.00 bits per heavy atom. The largest absolute Gasteiger partial charge is 0.508 e. The highest BCUT2D eigenvalue weighted by Crippen LogP contribution is 2.19. The highest BCUT2D eigenvalue weighted by molar-refractivity contribution is 9.08. The normalized spacial score (nSPS) is 10.6. The number of phenols is 1. The zero-order chi connectivity index (χ0) is 11.5. The van der Waals surface area contributed by atoms with E-state index in [1.54, 1.807) is 12.1 Å². The molecule has 1 aromatic heterocycles. The van der Waals surface area contributed by atoms with E-state index in [9.17, 15) is 5.11 Å². The molecule has 0 radical (unpaired) electrons. The van der Waals surface area contributed by atoms with Gasteiger partial charge in [0.05, 0.1) is 11.9 Å². The Hall–Kier alpha value is -1.29. The number of benzene rings is 1. The third kappa shape index (κ3) is 1.97. The van der Waals surface area contributed by atoms with Gasteiger partial charge in [-0.1, -0.05) is 22.9 Å². The predicted octanol–water partition coefficient (Wildman–Crippen LogP) is 3.04. The van der Waals surface area contributed by atoms with Crippen molar-refractivity contribution in [2.75, 3.05) is 0 Å². The van der Waals surface area contributed by atoms with Gasteiger partial charge in [0.25, 0.3) is 0 Å². The molecule has 0 aliphatic heterocycles. The molecule has 0 aliphatic carbocycles. The highest BCUT2D eigenvalue weighted by atomic mass is 79.9. The highest BCUT2D eigenvalue weighted by Gasteiger charge is 2.09. The van der Waals surface area contributed by atoms with Crippen molar-refractivity contribution in [2.24, 2.45) is 0 Å². The van der Waals surface area contributed by atoms with Crippen LogP contribution in [0.25, 0.3) is 5.69 Å². The van der Waals surface area contributed by atoms with Crippen molar-refractivity contribution in [3.05, 3.63) is 41.7 Å². The van der Waals surface area contributed by atoms with Crippen molar-refractivity contribution in [2.45, 2.75) is 18.7 Å². The lowest BCUT2D eigenvalue weighted by Crippen LogP contribution is -2.01. The molecule has 84 valence electrons. The van der Waals surface area contributed by atoms with Gasteiger partial charge in [-0.25, -0.2) is 4.68 Å². The van der Waals surface area contributed by atoms with Crippen LogP contribution in [0.1, 0.15) is 18.2 Å². The summed E-state index contributed by atoms with van der Waals surface area (Å²) in [5, 5.41) is 14.4. The van der Waals surface area contributed by atoms with Crippen molar-refractivity contribution in [1.29, 1.82) is 0 Å². The van der Waals surface area contributed by atoms with Crippen molar-refractivity contribution in [3.63, 3.8) is 0 Å². The van der Waals surface area contributed by atoms with E-state index in [0.717, 1.165) is 17.4 Å². The summed E-state index contributed by atoms with van der Waals surface area (Å²) in [5.41, 5.74) is 3.37. The van der Waals surface area contributed by atoms with E-state index in [0.29, 0.717) is 0 Å². The van der Waals surface area contributed by atoms with Gasteiger partial charge in [-0.2, -0.15) is 5.10 Å². The maximum Gasteiger partial charge on any atom is 0.115 e. The number of halogens is 1. The summed E-state index contributed by atoms with van der Waals surface area (Å²) in [6.07, 6.45) is 2.81. The molecule has 1 N–H and O–H groups in total. The van der Waals surface area contributed by atoms with Gasteiger partial charge in [-0.3, -0.25) is 0 Å². The first-order valence-corrected chi connectivity index (χ1v) is 6.29. The van der Waals surface area contributed by atoms with Crippen molar-refractivity contribution < 1.29 is 5.11 Å². The lowest BCUT2D eigenvalue weighted by Gasteiger charge is -2.07. The summed E-state index contributed by atoms with van der Waals surface area (Å²) in [5.74, 6) is 0.273. The Labute approximate surface area is 103 Å². The summed E-state index contributed by atoms with van der Waals surface area (Å²) >= 11 is 3.45. The molecule has 0 bridgehead atoms. The Bertz CT molecular complexity index is 476.